The van der Waals surface area contributed by atoms with Gasteiger partial charge in [0.2, 0.25) is 10.0 Å². The summed E-state index contributed by atoms with van der Waals surface area (Å²) in [5.74, 6) is -0.221. The summed E-state index contributed by atoms with van der Waals surface area (Å²) in [5.41, 5.74) is 0.680. The quantitative estimate of drug-likeness (QED) is 0.728. The molecule has 2 aromatic rings. The number of carbonyl (C=O) groups excluding carboxylic acids is 2. The Morgan fingerprint density at radius 1 is 0.967 bits per heavy atom. The molecule has 0 bridgehead atoms. The Hall–Kier alpha value is -2.91. The number of anilines is 1. The van der Waals surface area contributed by atoms with Crippen molar-refractivity contribution in [1.82, 2.24) is 4.90 Å². The molecule has 0 atom stereocenters. The lowest BCUT2D eigenvalue weighted by molar-refractivity contribution is -0.133. The standard InChI is InChI=1S/C21H25N3O5S/c22-30(27,28)17-11-9-16(10-12-17)23-21(26)18-7-3-4-8-19(18)29-15-20(25)24-13-5-1-2-6-14-24/h3-4,7-12H,1-2,5-6,13-15H2,(H,23,26)(H2,22,27,28). The van der Waals surface area contributed by atoms with Crippen molar-refractivity contribution in [3.05, 3.63) is 54.1 Å². The second-order valence-corrected chi connectivity index (χ2v) is 8.66. The van der Waals surface area contributed by atoms with Gasteiger partial charge < -0.3 is 15.0 Å². The third kappa shape index (κ3) is 5.80. The van der Waals surface area contributed by atoms with Crippen molar-refractivity contribution >= 4 is 27.5 Å². The Balaban J connectivity index is 1.65. The highest BCUT2D eigenvalue weighted by atomic mass is 32.2. The van der Waals surface area contributed by atoms with Crippen LogP contribution in [0.5, 0.6) is 5.75 Å². The Kier molecular flexibility index (Phi) is 7.07. The van der Waals surface area contributed by atoms with Crippen molar-refractivity contribution in [3.63, 3.8) is 0 Å². The third-order valence-corrected chi connectivity index (χ3v) is 5.81. The molecule has 0 aliphatic carbocycles. The van der Waals surface area contributed by atoms with E-state index in [-0.39, 0.29) is 23.0 Å². The Morgan fingerprint density at radius 3 is 2.23 bits per heavy atom. The van der Waals surface area contributed by atoms with Crippen LogP contribution in [0.4, 0.5) is 5.69 Å². The molecular formula is C21H25N3O5S. The van der Waals surface area contributed by atoms with Gasteiger partial charge in [0.15, 0.2) is 6.61 Å². The van der Waals surface area contributed by atoms with Gasteiger partial charge in [-0.05, 0) is 49.2 Å². The van der Waals surface area contributed by atoms with Gasteiger partial charge >= 0.3 is 0 Å². The molecule has 0 spiro atoms. The number of nitrogens with two attached hydrogens (primary N) is 1. The second-order valence-electron chi connectivity index (χ2n) is 7.10. The van der Waals surface area contributed by atoms with Crippen molar-refractivity contribution in [2.45, 2.75) is 30.6 Å². The molecule has 3 N–H and O–H groups in total. The summed E-state index contributed by atoms with van der Waals surface area (Å²) in [7, 11) is -3.80. The number of amides is 2. The smallest absolute Gasteiger partial charge is 0.260 e. The van der Waals surface area contributed by atoms with Crippen LogP contribution in [0, 0.1) is 0 Å². The monoisotopic (exact) mass is 431 g/mol. The number of ether oxygens (including phenoxy) is 1. The molecule has 0 saturated carbocycles. The molecule has 160 valence electrons. The molecule has 0 aromatic heterocycles. The van der Waals surface area contributed by atoms with E-state index >= 15 is 0 Å². The van der Waals surface area contributed by atoms with Crippen molar-refractivity contribution in [2.75, 3.05) is 25.0 Å². The van der Waals surface area contributed by atoms with Gasteiger partial charge in [0.25, 0.3) is 11.8 Å². The van der Waals surface area contributed by atoms with Crippen LogP contribution in [-0.2, 0) is 14.8 Å². The first kappa shape index (κ1) is 21.8. The van der Waals surface area contributed by atoms with Gasteiger partial charge in [0, 0.05) is 18.8 Å². The number of rotatable bonds is 6. The van der Waals surface area contributed by atoms with Crippen LogP contribution in [0.15, 0.2) is 53.4 Å². The summed E-state index contributed by atoms with van der Waals surface area (Å²) in [5, 5.41) is 7.76. The van der Waals surface area contributed by atoms with E-state index in [1.165, 1.54) is 24.3 Å². The Labute approximate surface area is 176 Å². The second kappa shape index (κ2) is 9.73. The largest absolute Gasteiger partial charge is 0.483 e. The van der Waals surface area contributed by atoms with E-state index in [1.54, 1.807) is 24.3 Å². The lowest BCUT2D eigenvalue weighted by Gasteiger charge is -2.20. The van der Waals surface area contributed by atoms with Gasteiger partial charge in [0.05, 0.1) is 10.5 Å². The first-order chi connectivity index (χ1) is 14.3. The number of hydrogen-bond acceptors (Lipinski definition) is 5. The van der Waals surface area contributed by atoms with E-state index in [0.29, 0.717) is 11.4 Å². The zero-order chi connectivity index (χ0) is 21.6. The number of sulfonamides is 1. The predicted molar refractivity (Wildman–Crippen MR) is 113 cm³/mol. The van der Waals surface area contributed by atoms with E-state index in [0.717, 1.165) is 38.8 Å². The number of likely N-dealkylation sites (tertiary alicyclic amines) is 1. The number of nitrogens with one attached hydrogen (secondary N) is 1. The zero-order valence-electron chi connectivity index (χ0n) is 16.5. The van der Waals surface area contributed by atoms with Gasteiger partial charge in [0.1, 0.15) is 5.75 Å². The molecule has 8 nitrogen and oxygen atoms in total. The van der Waals surface area contributed by atoms with Crippen LogP contribution in [0.2, 0.25) is 0 Å². The highest BCUT2D eigenvalue weighted by molar-refractivity contribution is 7.89. The van der Waals surface area contributed by atoms with Crippen LogP contribution in [-0.4, -0.2) is 44.8 Å². The van der Waals surface area contributed by atoms with Gasteiger partial charge in [-0.15, -0.1) is 0 Å². The van der Waals surface area contributed by atoms with Gasteiger partial charge in [-0.1, -0.05) is 25.0 Å². The molecule has 1 fully saturated rings. The average molecular weight is 432 g/mol. The van der Waals surface area contributed by atoms with Gasteiger partial charge in [-0.25, -0.2) is 13.6 Å². The summed E-state index contributed by atoms with van der Waals surface area (Å²) in [6.07, 6.45) is 4.25. The van der Waals surface area contributed by atoms with Crippen LogP contribution in [0.3, 0.4) is 0 Å². The van der Waals surface area contributed by atoms with Gasteiger partial charge in [-0.2, -0.15) is 0 Å². The van der Waals surface area contributed by atoms with Crippen molar-refractivity contribution in [1.29, 1.82) is 0 Å². The molecule has 3 rings (SSSR count). The predicted octanol–water partition coefficient (Wildman–Crippen LogP) is 2.37. The number of hydrogen-bond donors (Lipinski definition) is 2. The minimum atomic E-state index is -3.80. The van der Waals surface area contributed by atoms with E-state index in [1.807, 2.05) is 4.90 Å². The number of nitrogens with zero attached hydrogens (tertiary/aromatic N) is 1. The topological polar surface area (TPSA) is 119 Å². The summed E-state index contributed by atoms with van der Waals surface area (Å²) in [6, 6.07) is 12.2. The SMILES string of the molecule is NS(=O)(=O)c1ccc(NC(=O)c2ccccc2OCC(=O)N2CCCCCC2)cc1. The highest BCUT2D eigenvalue weighted by Gasteiger charge is 2.18. The third-order valence-electron chi connectivity index (χ3n) is 4.88. The van der Waals surface area contributed by atoms with Crippen LogP contribution >= 0.6 is 0 Å². The first-order valence-electron chi connectivity index (χ1n) is 9.78. The molecule has 30 heavy (non-hydrogen) atoms. The molecule has 1 aliphatic heterocycles. The Bertz CT molecular complexity index is 998. The zero-order valence-corrected chi connectivity index (χ0v) is 17.4. The fraction of sp³-hybridized carbons (Fsp3) is 0.333. The molecule has 2 aromatic carbocycles. The molecular weight excluding hydrogens is 406 g/mol. The number of primary sulfonamides is 1. The summed E-state index contributed by atoms with van der Waals surface area (Å²) >= 11 is 0. The van der Waals surface area contributed by atoms with E-state index in [9.17, 15) is 18.0 Å². The summed E-state index contributed by atoms with van der Waals surface area (Å²) in [6.45, 7) is 1.34. The molecule has 1 aliphatic rings. The molecule has 1 heterocycles. The molecule has 0 radical (unpaired) electrons. The molecule has 0 unspecified atom stereocenters. The van der Waals surface area contributed by atoms with Gasteiger partial charge in [-0.3, -0.25) is 9.59 Å². The van der Waals surface area contributed by atoms with E-state index in [2.05, 4.69) is 5.32 Å². The van der Waals surface area contributed by atoms with Crippen molar-refractivity contribution < 1.29 is 22.7 Å². The van der Waals surface area contributed by atoms with Crippen LogP contribution in [0.1, 0.15) is 36.0 Å². The lowest BCUT2D eigenvalue weighted by Crippen LogP contribution is -2.35. The Morgan fingerprint density at radius 2 is 1.60 bits per heavy atom. The number of carbonyl (C=O) groups is 2. The fourth-order valence-electron chi connectivity index (χ4n) is 3.26. The fourth-order valence-corrected chi connectivity index (χ4v) is 3.77. The molecule has 1 saturated heterocycles. The van der Waals surface area contributed by atoms with Crippen molar-refractivity contribution in [3.8, 4) is 5.75 Å². The maximum Gasteiger partial charge on any atom is 0.260 e. The minimum absolute atomic E-state index is 0.0451. The maximum absolute atomic E-state index is 12.7. The first-order valence-corrected chi connectivity index (χ1v) is 11.3. The van der Waals surface area contributed by atoms with E-state index < -0.39 is 15.9 Å². The highest BCUT2D eigenvalue weighted by Crippen LogP contribution is 2.21. The lowest BCUT2D eigenvalue weighted by atomic mass is 10.2. The maximum atomic E-state index is 12.7. The average Bonchev–Trinajstić information content (AvgIpc) is 3.01. The van der Waals surface area contributed by atoms with Crippen LogP contribution < -0.4 is 15.2 Å². The summed E-state index contributed by atoms with van der Waals surface area (Å²) < 4.78 is 28.3. The number of para-hydroxylation sites is 1. The number of benzene rings is 2. The van der Waals surface area contributed by atoms with Crippen molar-refractivity contribution in [2.24, 2.45) is 5.14 Å². The normalized spacial score (nSPS) is 14.6. The van der Waals surface area contributed by atoms with Crippen LogP contribution in [0.25, 0.3) is 0 Å². The summed E-state index contributed by atoms with van der Waals surface area (Å²) in [4.78, 5) is 26.9. The molecule has 2 amide bonds. The van der Waals surface area contributed by atoms with E-state index in [4.69, 9.17) is 9.88 Å². The minimum Gasteiger partial charge on any atom is -0.483 e. The molecule has 9 heteroatoms.